The van der Waals surface area contributed by atoms with Crippen LogP contribution >= 0.6 is 15.9 Å². The lowest BCUT2D eigenvalue weighted by atomic mass is 10.1. The topological polar surface area (TPSA) is 95.8 Å². The summed E-state index contributed by atoms with van der Waals surface area (Å²) in [5.41, 5.74) is 0.742. The zero-order valence-electron chi connectivity index (χ0n) is 14.9. The second-order valence-corrected chi connectivity index (χ2v) is 7.29. The molecule has 1 N–H and O–H groups in total. The number of rotatable bonds is 5. The molecule has 1 aliphatic rings. The van der Waals surface area contributed by atoms with Crippen molar-refractivity contribution in [1.82, 2.24) is 10.1 Å². The first-order chi connectivity index (χ1) is 12.8. The van der Waals surface area contributed by atoms with Crippen LogP contribution in [0, 0.1) is 12.8 Å². The van der Waals surface area contributed by atoms with Gasteiger partial charge in [-0.25, -0.2) is 0 Å². The number of hydrogen-bond acceptors (Lipinski definition) is 5. The minimum Gasteiger partial charge on any atom is -0.360 e. The highest BCUT2D eigenvalue weighted by Gasteiger charge is 2.39. The molecule has 1 aliphatic heterocycles. The van der Waals surface area contributed by atoms with E-state index in [9.17, 15) is 14.4 Å². The van der Waals surface area contributed by atoms with E-state index in [4.69, 9.17) is 4.52 Å². The normalized spacial score (nSPS) is 16.5. The molecule has 27 heavy (non-hydrogen) atoms. The summed E-state index contributed by atoms with van der Waals surface area (Å²) < 4.78 is 5.74. The molecule has 0 bridgehead atoms. The maximum Gasteiger partial charge on any atom is 0.245 e. The Hall–Kier alpha value is -2.68. The van der Waals surface area contributed by atoms with Gasteiger partial charge in [-0.1, -0.05) is 27.2 Å². The van der Waals surface area contributed by atoms with E-state index >= 15 is 0 Å². The molecule has 2 aromatic rings. The maximum atomic E-state index is 12.7. The summed E-state index contributed by atoms with van der Waals surface area (Å²) in [6, 6.07) is 8.95. The first kappa shape index (κ1) is 19.1. The third-order valence-corrected chi connectivity index (χ3v) is 4.77. The fraction of sp³-hybridized carbons (Fsp3) is 0.333. The number of anilines is 2. The van der Waals surface area contributed by atoms with Gasteiger partial charge in [-0.3, -0.25) is 14.4 Å². The molecule has 0 aliphatic carbocycles. The van der Waals surface area contributed by atoms with E-state index in [1.54, 1.807) is 17.9 Å². The van der Waals surface area contributed by atoms with Crippen molar-refractivity contribution in [3.05, 3.63) is 40.6 Å². The maximum absolute atomic E-state index is 12.7. The van der Waals surface area contributed by atoms with Crippen molar-refractivity contribution in [3.63, 3.8) is 0 Å². The molecule has 1 saturated heterocycles. The highest BCUT2D eigenvalue weighted by molar-refractivity contribution is 9.10. The van der Waals surface area contributed by atoms with Crippen molar-refractivity contribution in [2.75, 3.05) is 30.4 Å². The standard InChI is InChI=1S/C18H19BrN4O4/c1-11-8-15(21-27-11)20-16(24)10-22(2)17(25)14-6-7-23(18(14)26)13-5-3-4-12(19)9-13/h3-5,8-9,14H,6-7,10H2,1-2H3,(H,20,21,24)/t14-/m0/s1. The van der Waals surface area contributed by atoms with Gasteiger partial charge in [-0.05, 0) is 31.5 Å². The minimum absolute atomic E-state index is 0.175. The average molecular weight is 435 g/mol. The Morgan fingerprint density at radius 2 is 2.19 bits per heavy atom. The van der Waals surface area contributed by atoms with Gasteiger partial charge in [-0.15, -0.1) is 0 Å². The van der Waals surface area contributed by atoms with Gasteiger partial charge in [0.2, 0.25) is 17.7 Å². The van der Waals surface area contributed by atoms with E-state index in [2.05, 4.69) is 26.4 Å². The molecule has 142 valence electrons. The van der Waals surface area contributed by atoms with Crippen molar-refractivity contribution >= 4 is 45.2 Å². The highest BCUT2D eigenvalue weighted by Crippen LogP contribution is 2.28. The van der Waals surface area contributed by atoms with Crippen LogP contribution in [0.2, 0.25) is 0 Å². The predicted octanol–water partition coefficient (Wildman–Crippen LogP) is 2.20. The van der Waals surface area contributed by atoms with Gasteiger partial charge in [0.1, 0.15) is 11.7 Å². The Kier molecular flexibility index (Phi) is 5.59. The number of hydrogen-bond donors (Lipinski definition) is 1. The first-order valence-electron chi connectivity index (χ1n) is 8.40. The molecular weight excluding hydrogens is 416 g/mol. The van der Waals surface area contributed by atoms with Crippen LogP contribution in [-0.4, -0.2) is 47.9 Å². The fourth-order valence-electron chi connectivity index (χ4n) is 2.98. The van der Waals surface area contributed by atoms with E-state index in [-0.39, 0.29) is 24.2 Å². The van der Waals surface area contributed by atoms with Crippen molar-refractivity contribution in [3.8, 4) is 0 Å². The lowest BCUT2D eigenvalue weighted by Gasteiger charge is -2.21. The van der Waals surface area contributed by atoms with Crippen LogP contribution in [0.25, 0.3) is 0 Å². The summed E-state index contributed by atoms with van der Waals surface area (Å²) >= 11 is 3.38. The van der Waals surface area contributed by atoms with Crippen LogP contribution in [0.15, 0.2) is 39.3 Å². The summed E-state index contributed by atoms with van der Waals surface area (Å²) in [4.78, 5) is 40.3. The molecule has 8 nitrogen and oxygen atoms in total. The molecule has 9 heteroatoms. The van der Waals surface area contributed by atoms with Gasteiger partial charge >= 0.3 is 0 Å². The summed E-state index contributed by atoms with van der Waals surface area (Å²) in [5, 5.41) is 6.23. The monoisotopic (exact) mass is 434 g/mol. The number of carbonyl (C=O) groups excluding carboxylic acids is 3. The number of halogens is 1. The van der Waals surface area contributed by atoms with Gasteiger partial charge in [0.05, 0.1) is 6.54 Å². The Morgan fingerprint density at radius 3 is 2.85 bits per heavy atom. The molecule has 1 atom stereocenters. The number of nitrogens with one attached hydrogen (secondary N) is 1. The Balaban J connectivity index is 1.60. The molecule has 0 saturated carbocycles. The number of aromatic nitrogens is 1. The largest absolute Gasteiger partial charge is 0.360 e. The average Bonchev–Trinajstić information content (AvgIpc) is 3.19. The van der Waals surface area contributed by atoms with Gasteiger partial charge in [0.15, 0.2) is 5.82 Å². The quantitative estimate of drug-likeness (QED) is 0.727. The number of likely N-dealkylation sites (N-methyl/N-ethyl adjacent to an activating group) is 1. The van der Waals surface area contributed by atoms with E-state index in [0.717, 1.165) is 10.2 Å². The second-order valence-electron chi connectivity index (χ2n) is 6.38. The van der Waals surface area contributed by atoms with Crippen LogP contribution in [-0.2, 0) is 14.4 Å². The van der Waals surface area contributed by atoms with Crippen molar-refractivity contribution < 1.29 is 18.9 Å². The molecule has 0 unspecified atom stereocenters. The number of amides is 3. The second kappa shape index (κ2) is 7.91. The molecule has 0 radical (unpaired) electrons. The third-order valence-electron chi connectivity index (χ3n) is 4.28. The van der Waals surface area contributed by atoms with Gasteiger partial charge < -0.3 is 19.6 Å². The number of benzene rings is 1. The lowest BCUT2D eigenvalue weighted by molar-refractivity contribution is -0.140. The zero-order valence-corrected chi connectivity index (χ0v) is 16.5. The smallest absolute Gasteiger partial charge is 0.245 e. The van der Waals surface area contributed by atoms with Gasteiger partial charge in [-0.2, -0.15) is 0 Å². The Morgan fingerprint density at radius 1 is 1.41 bits per heavy atom. The molecule has 3 rings (SSSR count). The lowest BCUT2D eigenvalue weighted by Crippen LogP contribution is -2.41. The minimum atomic E-state index is -0.781. The molecule has 1 aromatic heterocycles. The van der Waals surface area contributed by atoms with Crippen LogP contribution in [0.4, 0.5) is 11.5 Å². The zero-order chi connectivity index (χ0) is 19.6. The summed E-state index contributed by atoms with van der Waals surface area (Å²) in [5.74, 6) is -0.957. The number of aryl methyl sites for hydroxylation is 1. The van der Waals surface area contributed by atoms with Crippen LogP contribution < -0.4 is 10.2 Å². The predicted molar refractivity (Wildman–Crippen MR) is 102 cm³/mol. The molecule has 0 spiro atoms. The molecule has 3 amide bonds. The van der Waals surface area contributed by atoms with Gasteiger partial charge in [0, 0.05) is 29.8 Å². The molecular formula is C18H19BrN4O4. The Labute approximate surface area is 164 Å². The van der Waals surface area contributed by atoms with Crippen molar-refractivity contribution in [1.29, 1.82) is 0 Å². The van der Waals surface area contributed by atoms with Crippen LogP contribution in [0.5, 0.6) is 0 Å². The Bertz CT molecular complexity index is 882. The third kappa shape index (κ3) is 4.36. The van der Waals surface area contributed by atoms with Crippen LogP contribution in [0.1, 0.15) is 12.2 Å². The van der Waals surface area contributed by atoms with Crippen molar-refractivity contribution in [2.24, 2.45) is 5.92 Å². The van der Waals surface area contributed by atoms with Gasteiger partial charge in [0.25, 0.3) is 0 Å². The summed E-state index contributed by atoms with van der Waals surface area (Å²) in [6.07, 6.45) is 0.415. The van der Waals surface area contributed by atoms with E-state index in [1.165, 1.54) is 11.9 Å². The van der Waals surface area contributed by atoms with E-state index < -0.39 is 11.8 Å². The summed E-state index contributed by atoms with van der Waals surface area (Å²) in [7, 11) is 1.50. The van der Waals surface area contributed by atoms with Crippen molar-refractivity contribution in [2.45, 2.75) is 13.3 Å². The first-order valence-corrected chi connectivity index (χ1v) is 9.19. The number of carbonyl (C=O) groups is 3. The SMILES string of the molecule is Cc1cc(NC(=O)CN(C)C(=O)[C@@H]2CCN(c3cccc(Br)c3)C2=O)no1. The van der Waals surface area contributed by atoms with E-state index in [0.29, 0.717) is 18.7 Å². The fourth-order valence-corrected chi connectivity index (χ4v) is 3.36. The molecule has 2 heterocycles. The molecule has 1 fully saturated rings. The molecule has 1 aromatic carbocycles. The van der Waals surface area contributed by atoms with Crippen LogP contribution in [0.3, 0.4) is 0 Å². The van der Waals surface area contributed by atoms with E-state index in [1.807, 2.05) is 24.3 Å². The number of nitrogens with zero attached hydrogens (tertiary/aromatic N) is 3. The highest BCUT2D eigenvalue weighted by atomic mass is 79.9. The summed E-state index contributed by atoms with van der Waals surface area (Å²) in [6.45, 7) is 2.00.